The molecule has 0 aromatic heterocycles. The molecular weight excluding hydrogens is 260 g/mol. The second-order valence-corrected chi connectivity index (χ2v) is 14.6. The normalized spacial score (nSPS) is 12.3. The van der Waals surface area contributed by atoms with Crippen LogP contribution in [0.4, 0.5) is 0 Å². The number of hydrogen-bond donors (Lipinski definition) is 2. The number of amides is 1. The second-order valence-electron chi connectivity index (χ2n) is 6.06. The third kappa shape index (κ3) is 8.62. The first kappa shape index (κ1) is 17.6. The zero-order valence-corrected chi connectivity index (χ0v) is 14.6. The molecule has 0 aliphatic rings. The van der Waals surface area contributed by atoms with Gasteiger partial charge in [0.05, 0.1) is 0 Å². The Morgan fingerprint density at radius 2 is 1.67 bits per heavy atom. The van der Waals surface area contributed by atoms with Crippen LogP contribution >= 0.6 is 0 Å². The third-order valence-corrected chi connectivity index (χ3v) is 8.98. The number of carbonyl (C=O) groups is 1. The topological polar surface area (TPSA) is 50.4 Å². The molecule has 0 rings (SSSR count). The van der Waals surface area contributed by atoms with Gasteiger partial charge in [0.15, 0.2) is 16.6 Å². The highest BCUT2D eigenvalue weighted by atomic mass is 28.4. The van der Waals surface area contributed by atoms with Gasteiger partial charge in [0, 0.05) is 18.8 Å². The lowest BCUT2D eigenvalue weighted by molar-refractivity contribution is -0.120. The van der Waals surface area contributed by atoms with Crippen molar-refractivity contribution >= 4 is 22.5 Å². The number of rotatable bonds is 8. The lowest BCUT2D eigenvalue weighted by Crippen LogP contribution is -2.55. The number of carbonyl (C=O) groups excluding carboxylic acids is 1. The summed E-state index contributed by atoms with van der Waals surface area (Å²) in [5.41, 5.74) is 0.887. The molecule has 2 N–H and O–H groups in total. The largest absolute Gasteiger partial charge is 0.453 e. The summed E-state index contributed by atoms with van der Waals surface area (Å²) in [6, 6.07) is 0. The van der Waals surface area contributed by atoms with Crippen molar-refractivity contribution in [2.75, 3.05) is 19.4 Å². The molecule has 0 radical (unpaired) electrons. The fourth-order valence-corrected chi connectivity index (χ4v) is 9.93. The van der Waals surface area contributed by atoms with Gasteiger partial charge in [-0.25, -0.2) is 0 Å². The Morgan fingerprint density at radius 3 is 2.11 bits per heavy atom. The van der Waals surface area contributed by atoms with Crippen LogP contribution in [-0.2, 0) is 8.91 Å². The maximum atomic E-state index is 11.6. The van der Waals surface area contributed by atoms with Crippen molar-refractivity contribution in [2.45, 2.75) is 39.5 Å². The molecule has 0 heterocycles. The first-order valence-corrected chi connectivity index (χ1v) is 12.6. The fourth-order valence-electron chi connectivity index (χ4n) is 1.89. The SMILES string of the molecule is C=C(C)CC(=O)NC[Si](C)(C)O[Si](C)(C)CNC. The molecule has 0 aliphatic carbocycles. The monoisotopic (exact) mass is 288 g/mol. The van der Waals surface area contributed by atoms with Gasteiger partial charge >= 0.3 is 0 Å². The van der Waals surface area contributed by atoms with E-state index in [0.717, 1.165) is 11.7 Å². The first-order valence-electron chi connectivity index (χ1n) is 6.34. The van der Waals surface area contributed by atoms with Gasteiger partial charge < -0.3 is 14.7 Å². The van der Waals surface area contributed by atoms with E-state index >= 15 is 0 Å². The molecule has 6 heteroatoms. The first-order chi connectivity index (χ1) is 8.08. The van der Waals surface area contributed by atoms with Crippen LogP contribution in [0.5, 0.6) is 0 Å². The summed E-state index contributed by atoms with van der Waals surface area (Å²) in [6.45, 7) is 14.3. The van der Waals surface area contributed by atoms with Gasteiger partial charge in [-0.3, -0.25) is 4.79 Å². The van der Waals surface area contributed by atoms with Gasteiger partial charge in [-0.15, -0.1) is 0 Å². The van der Waals surface area contributed by atoms with Crippen LogP contribution < -0.4 is 10.6 Å². The van der Waals surface area contributed by atoms with Gasteiger partial charge in [0.2, 0.25) is 5.91 Å². The summed E-state index contributed by atoms with van der Waals surface area (Å²) in [5, 5.41) is 6.14. The molecule has 4 nitrogen and oxygen atoms in total. The summed E-state index contributed by atoms with van der Waals surface area (Å²) in [6.07, 6.45) is 2.00. The van der Waals surface area contributed by atoms with Crippen molar-refractivity contribution in [1.29, 1.82) is 0 Å². The van der Waals surface area contributed by atoms with Crippen LogP contribution in [-0.4, -0.2) is 41.9 Å². The van der Waals surface area contributed by atoms with E-state index in [0.29, 0.717) is 12.6 Å². The molecule has 106 valence electrons. The van der Waals surface area contributed by atoms with Gasteiger partial charge in [-0.2, -0.15) is 0 Å². The van der Waals surface area contributed by atoms with E-state index in [1.54, 1.807) is 0 Å². The van der Waals surface area contributed by atoms with E-state index in [2.05, 4.69) is 43.4 Å². The Bertz CT molecular complexity index is 304. The van der Waals surface area contributed by atoms with E-state index in [1.165, 1.54) is 0 Å². The van der Waals surface area contributed by atoms with Crippen LogP contribution in [0.1, 0.15) is 13.3 Å². The summed E-state index contributed by atoms with van der Waals surface area (Å²) >= 11 is 0. The van der Waals surface area contributed by atoms with Gasteiger partial charge in [0.1, 0.15) is 0 Å². The minimum absolute atomic E-state index is 0.0414. The Morgan fingerprint density at radius 1 is 1.17 bits per heavy atom. The Labute approximate surface area is 113 Å². The molecular formula is C12H28N2O2Si2. The molecule has 0 saturated heterocycles. The van der Waals surface area contributed by atoms with Gasteiger partial charge in [-0.1, -0.05) is 12.2 Å². The average Bonchev–Trinajstić information content (AvgIpc) is 2.11. The second kappa shape index (κ2) is 7.23. The molecule has 0 saturated carbocycles. The predicted molar refractivity (Wildman–Crippen MR) is 82.4 cm³/mol. The molecule has 18 heavy (non-hydrogen) atoms. The van der Waals surface area contributed by atoms with Crippen LogP contribution in [0.3, 0.4) is 0 Å². The molecule has 0 aromatic rings. The van der Waals surface area contributed by atoms with Crippen molar-refractivity contribution in [2.24, 2.45) is 0 Å². The lowest BCUT2D eigenvalue weighted by Gasteiger charge is -2.34. The van der Waals surface area contributed by atoms with Crippen molar-refractivity contribution in [3.63, 3.8) is 0 Å². The minimum Gasteiger partial charge on any atom is -0.453 e. The molecule has 1 amide bonds. The van der Waals surface area contributed by atoms with E-state index in [-0.39, 0.29) is 5.91 Å². The van der Waals surface area contributed by atoms with Gasteiger partial charge in [-0.05, 0) is 40.2 Å². The Balaban J connectivity index is 4.22. The summed E-state index contributed by atoms with van der Waals surface area (Å²) in [5.74, 6) is 0.0414. The molecule has 0 aliphatic heterocycles. The van der Waals surface area contributed by atoms with Gasteiger partial charge in [0.25, 0.3) is 0 Å². The molecule has 0 bridgehead atoms. The summed E-state index contributed by atoms with van der Waals surface area (Å²) in [7, 11) is -1.54. The quantitative estimate of drug-likeness (QED) is 0.529. The molecule has 0 unspecified atom stereocenters. The molecule has 0 fully saturated rings. The predicted octanol–water partition coefficient (Wildman–Crippen LogP) is 1.79. The summed E-state index contributed by atoms with van der Waals surface area (Å²) in [4.78, 5) is 11.6. The molecule has 0 spiro atoms. The van der Waals surface area contributed by atoms with E-state index in [1.807, 2.05) is 14.0 Å². The molecule has 0 aromatic carbocycles. The fraction of sp³-hybridized carbons (Fsp3) is 0.750. The Kier molecular flexibility index (Phi) is 7.05. The van der Waals surface area contributed by atoms with Crippen molar-refractivity contribution in [3.05, 3.63) is 12.2 Å². The third-order valence-electron chi connectivity index (χ3n) is 2.33. The summed E-state index contributed by atoms with van der Waals surface area (Å²) < 4.78 is 6.30. The van der Waals surface area contributed by atoms with Crippen LogP contribution in [0, 0.1) is 0 Å². The zero-order valence-electron chi connectivity index (χ0n) is 12.6. The van der Waals surface area contributed by atoms with E-state index in [4.69, 9.17) is 4.12 Å². The van der Waals surface area contributed by atoms with Crippen molar-refractivity contribution in [3.8, 4) is 0 Å². The maximum absolute atomic E-state index is 11.6. The zero-order chi connectivity index (χ0) is 14.4. The van der Waals surface area contributed by atoms with Crippen molar-refractivity contribution < 1.29 is 8.91 Å². The molecule has 0 atom stereocenters. The standard InChI is InChI=1S/C12H28N2O2Si2/c1-11(2)8-12(15)14-10-18(6,7)16-17(4,5)9-13-3/h13H,1,8-10H2,2-7H3,(H,14,15). The van der Waals surface area contributed by atoms with Crippen LogP contribution in [0.25, 0.3) is 0 Å². The minimum atomic E-state index is -1.83. The van der Waals surface area contributed by atoms with Crippen molar-refractivity contribution in [1.82, 2.24) is 10.6 Å². The van der Waals surface area contributed by atoms with Crippen LogP contribution in [0.2, 0.25) is 26.2 Å². The number of nitrogens with one attached hydrogen (secondary N) is 2. The maximum Gasteiger partial charge on any atom is 0.223 e. The average molecular weight is 289 g/mol. The number of hydrogen-bond acceptors (Lipinski definition) is 3. The van der Waals surface area contributed by atoms with Crippen LogP contribution in [0.15, 0.2) is 12.2 Å². The highest BCUT2D eigenvalue weighted by Crippen LogP contribution is 2.13. The Hall–Kier alpha value is -0.436. The van der Waals surface area contributed by atoms with E-state index < -0.39 is 16.6 Å². The smallest absolute Gasteiger partial charge is 0.223 e. The highest BCUT2D eigenvalue weighted by molar-refractivity contribution is 6.85. The van der Waals surface area contributed by atoms with E-state index in [9.17, 15) is 4.79 Å². The lowest BCUT2D eigenvalue weighted by atomic mass is 10.2. The highest BCUT2D eigenvalue weighted by Gasteiger charge is 2.32.